The molecular formula is C20H25N3O3. The lowest BCUT2D eigenvalue weighted by Gasteiger charge is -2.29. The van der Waals surface area contributed by atoms with Gasteiger partial charge in [0.2, 0.25) is 10.9 Å². The maximum atomic E-state index is 12.1. The van der Waals surface area contributed by atoms with Crippen LogP contribution in [0.1, 0.15) is 12.8 Å². The molecule has 2 saturated heterocycles. The van der Waals surface area contributed by atoms with Crippen LogP contribution >= 0.6 is 0 Å². The standard InChI is InChI=1S/C20H25N3O3/c24-19-17(18(20(19)25)21-7-10-22-8-1-2-9-22)15-3-5-16(6-4-15)23-11-13-26-14-12-23/h3-6,21H,1-2,7-14H2. The third-order valence-electron chi connectivity index (χ3n) is 5.37. The zero-order valence-electron chi connectivity index (χ0n) is 15.0. The molecule has 6 heteroatoms. The summed E-state index contributed by atoms with van der Waals surface area (Å²) in [6, 6.07) is 7.91. The molecule has 4 rings (SSSR count). The summed E-state index contributed by atoms with van der Waals surface area (Å²) in [7, 11) is 0. The van der Waals surface area contributed by atoms with Crippen molar-refractivity contribution in [1.29, 1.82) is 0 Å². The summed E-state index contributed by atoms with van der Waals surface area (Å²) in [6.07, 6.45) is 2.50. The Balaban J connectivity index is 1.44. The number of rotatable bonds is 6. The second-order valence-electron chi connectivity index (χ2n) is 7.03. The minimum absolute atomic E-state index is 0.382. The largest absolute Gasteiger partial charge is 0.380 e. The van der Waals surface area contributed by atoms with Crippen LogP contribution < -0.4 is 21.1 Å². The third-order valence-corrected chi connectivity index (χ3v) is 5.37. The second kappa shape index (κ2) is 7.60. The smallest absolute Gasteiger partial charge is 0.250 e. The quantitative estimate of drug-likeness (QED) is 0.788. The fraction of sp³-hybridized carbons (Fsp3) is 0.500. The van der Waals surface area contributed by atoms with Crippen LogP contribution in [0, 0.1) is 0 Å². The van der Waals surface area contributed by atoms with E-state index in [0.29, 0.717) is 17.8 Å². The summed E-state index contributed by atoms with van der Waals surface area (Å²) < 4.78 is 5.38. The molecule has 2 aromatic rings. The van der Waals surface area contributed by atoms with Crippen molar-refractivity contribution in [3.05, 3.63) is 44.7 Å². The van der Waals surface area contributed by atoms with E-state index in [9.17, 15) is 9.59 Å². The summed E-state index contributed by atoms with van der Waals surface area (Å²) in [5.74, 6) is 0. The summed E-state index contributed by atoms with van der Waals surface area (Å²) >= 11 is 0. The Morgan fingerprint density at radius 1 is 0.923 bits per heavy atom. The zero-order valence-corrected chi connectivity index (χ0v) is 15.0. The summed E-state index contributed by atoms with van der Waals surface area (Å²) in [4.78, 5) is 28.7. The van der Waals surface area contributed by atoms with Crippen LogP contribution in [-0.4, -0.2) is 57.4 Å². The maximum absolute atomic E-state index is 12.1. The van der Waals surface area contributed by atoms with Crippen molar-refractivity contribution in [2.24, 2.45) is 0 Å². The van der Waals surface area contributed by atoms with Gasteiger partial charge in [-0.05, 0) is 43.6 Å². The van der Waals surface area contributed by atoms with Crippen LogP contribution in [0.2, 0.25) is 0 Å². The van der Waals surface area contributed by atoms with Crippen molar-refractivity contribution in [3.8, 4) is 11.1 Å². The normalized spacial score (nSPS) is 18.5. The molecular weight excluding hydrogens is 330 g/mol. The predicted molar refractivity (Wildman–Crippen MR) is 104 cm³/mol. The lowest BCUT2D eigenvalue weighted by atomic mass is 9.98. The first-order valence-electron chi connectivity index (χ1n) is 9.47. The molecule has 0 radical (unpaired) electrons. The molecule has 2 fully saturated rings. The average Bonchev–Trinajstić information content (AvgIpc) is 3.21. The SMILES string of the molecule is O=c1c(NCCN2CCCC2)c(-c2ccc(N3CCOCC3)cc2)c1=O. The van der Waals surface area contributed by atoms with E-state index >= 15 is 0 Å². The number of likely N-dealkylation sites (tertiary alicyclic amines) is 1. The van der Waals surface area contributed by atoms with Gasteiger partial charge in [0.1, 0.15) is 0 Å². The van der Waals surface area contributed by atoms with Gasteiger partial charge in [0.25, 0.3) is 0 Å². The van der Waals surface area contributed by atoms with Gasteiger partial charge in [-0.25, -0.2) is 0 Å². The van der Waals surface area contributed by atoms with Gasteiger partial charge in [0, 0.05) is 31.9 Å². The summed E-state index contributed by atoms with van der Waals surface area (Å²) in [5.41, 5.74) is 2.18. The molecule has 2 aliphatic rings. The van der Waals surface area contributed by atoms with Gasteiger partial charge >= 0.3 is 0 Å². The Labute approximate surface area is 153 Å². The molecule has 0 aliphatic carbocycles. The number of hydrogen-bond acceptors (Lipinski definition) is 6. The number of nitrogens with one attached hydrogen (secondary N) is 1. The number of morpholine rings is 1. The minimum Gasteiger partial charge on any atom is -0.380 e. The molecule has 138 valence electrons. The van der Waals surface area contributed by atoms with Gasteiger partial charge < -0.3 is 19.9 Å². The first-order valence-corrected chi connectivity index (χ1v) is 9.47. The van der Waals surface area contributed by atoms with E-state index in [2.05, 4.69) is 15.1 Å². The van der Waals surface area contributed by atoms with Gasteiger partial charge in [0.05, 0.1) is 24.5 Å². The van der Waals surface area contributed by atoms with E-state index in [0.717, 1.165) is 57.2 Å². The van der Waals surface area contributed by atoms with Crippen molar-refractivity contribution >= 4 is 11.4 Å². The Hall–Kier alpha value is -2.18. The molecule has 0 aromatic heterocycles. The lowest BCUT2D eigenvalue weighted by Crippen LogP contribution is -2.38. The monoisotopic (exact) mass is 355 g/mol. The molecule has 0 saturated carbocycles. The second-order valence-corrected chi connectivity index (χ2v) is 7.03. The third kappa shape index (κ3) is 3.39. The fourth-order valence-corrected chi connectivity index (χ4v) is 3.84. The number of nitrogens with zero attached hydrogens (tertiary/aromatic N) is 2. The van der Waals surface area contributed by atoms with E-state index in [4.69, 9.17) is 4.74 Å². The summed E-state index contributed by atoms with van der Waals surface area (Å²) in [5, 5.41) is 3.19. The van der Waals surface area contributed by atoms with Crippen LogP contribution in [0.5, 0.6) is 0 Å². The van der Waals surface area contributed by atoms with Gasteiger partial charge in [-0.3, -0.25) is 9.59 Å². The molecule has 0 unspecified atom stereocenters. The molecule has 1 N–H and O–H groups in total. The van der Waals surface area contributed by atoms with Crippen LogP contribution in [0.4, 0.5) is 11.4 Å². The Morgan fingerprint density at radius 2 is 1.62 bits per heavy atom. The highest BCUT2D eigenvalue weighted by Gasteiger charge is 2.22. The van der Waals surface area contributed by atoms with Gasteiger partial charge in [-0.1, -0.05) is 12.1 Å². The molecule has 6 nitrogen and oxygen atoms in total. The van der Waals surface area contributed by atoms with Crippen LogP contribution in [0.15, 0.2) is 33.9 Å². The molecule has 0 spiro atoms. The highest BCUT2D eigenvalue weighted by Crippen LogP contribution is 2.26. The first kappa shape index (κ1) is 17.2. The Bertz CT molecular complexity index is 812. The van der Waals surface area contributed by atoms with E-state index in [-0.39, 0.29) is 5.43 Å². The van der Waals surface area contributed by atoms with E-state index in [1.807, 2.05) is 24.3 Å². The van der Waals surface area contributed by atoms with Crippen LogP contribution in [0.25, 0.3) is 11.1 Å². The molecule has 2 heterocycles. The summed E-state index contributed by atoms with van der Waals surface area (Å²) in [6.45, 7) is 7.10. The molecule has 0 amide bonds. The number of ether oxygens (including phenoxy) is 1. The van der Waals surface area contributed by atoms with Gasteiger partial charge in [-0.15, -0.1) is 0 Å². The van der Waals surface area contributed by atoms with Crippen molar-refractivity contribution in [1.82, 2.24) is 4.90 Å². The van der Waals surface area contributed by atoms with Crippen molar-refractivity contribution in [2.45, 2.75) is 12.8 Å². The molecule has 2 aliphatic heterocycles. The molecule has 0 bridgehead atoms. The lowest BCUT2D eigenvalue weighted by molar-refractivity contribution is 0.122. The maximum Gasteiger partial charge on any atom is 0.250 e. The highest BCUT2D eigenvalue weighted by molar-refractivity contribution is 5.82. The zero-order chi connectivity index (χ0) is 17.9. The Morgan fingerprint density at radius 3 is 2.31 bits per heavy atom. The first-order chi connectivity index (χ1) is 12.7. The molecule has 0 atom stereocenters. The number of benzene rings is 1. The van der Waals surface area contributed by atoms with E-state index in [1.165, 1.54) is 12.8 Å². The molecule has 26 heavy (non-hydrogen) atoms. The Kier molecular flexibility index (Phi) is 5.04. The highest BCUT2D eigenvalue weighted by atomic mass is 16.5. The predicted octanol–water partition coefficient (Wildman–Crippen LogP) is 1.29. The van der Waals surface area contributed by atoms with Gasteiger partial charge in [0.15, 0.2) is 0 Å². The number of anilines is 2. The van der Waals surface area contributed by atoms with Crippen molar-refractivity contribution in [3.63, 3.8) is 0 Å². The van der Waals surface area contributed by atoms with Crippen molar-refractivity contribution < 1.29 is 4.74 Å². The minimum atomic E-state index is -0.390. The van der Waals surface area contributed by atoms with Crippen LogP contribution in [0.3, 0.4) is 0 Å². The molecule has 2 aromatic carbocycles. The van der Waals surface area contributed by atoms with Crippen molar-refractivity contribution in [2.75, 3.05) is 62.7 Å². The number of hydrogen-bond donors (Lipinski definition) is 1. The van der Waals surface area contributed by atoms with Gasteiger partial charge in [-0.2, -0.15) is 0 Å². The fourth-order valence-electron chi connectivity index (χ4n) is 3.84. The van der Waals surface area contributed by atoms with E-state index < -0.39 is 5.43 Å². The topological polar surface area (TPSA) is 61.9 Å². The van der Waals surface area contributed by atoms with Crippen LogP contribution in [-0.2, 0) is 4.74 Å². The average molecular weight is 355 g/mol. The van der Waals surface area contributed by atoms with E-state index in [1.54, 1.807) is 0 Å².